The molecule has 12 heavy (non-hydrogen) atoms. The Balaban J connectivity index is 1.96. The minimum Gasteiger partial charge on any atom is -0.463 e. The zero-order chi connectivity index (χ0) is 8.39. The second kappa shape index (κ2) is 3.44. The lowest BCUT2D eigenvalue weighted by Crippen LogP contribution is -2.31. The third-order valence-corrected chi connectivity index (χ3v) is 3.11. The molecule has 3 nitrogen and oxygen atoms in total. The number of hydrogen-bond acceptors (Lipinski definition) is 3. The van der Waals surface area contributed by atoms with Crippen molar-refractivity contribution in [3.63, 3.8) is 0 Å². The maximum atomic E-state index is 10.2. The van der Waals surface area contributed by atoms with Crippen molar-refractivity contribution in [2.45, 2.75) is 37.8 Å². The van der Waals surface area contributed by atoms with Gasteiger partial charge in [-0.05, 0) is 12.8 Å². The predicted molar refractivity (Wildman–Crippen MR) is 44.7 cm³/mol. The number of fused-ring (bicyclic) bond motifs is 1. The van der Waals surface area contributed by atoms with Crippen LogP contribution in [0.1, 0.15) is 25.7 Å². The molecule has 1 saturated heterocycles. The minimum atomic E-state index is 0.146. The van der Waals surface area contributed by atoms with E-state index in [1.54, 1.807) is 0 Å². The molecule has 2 aliphatic rings. The third-order valence-electron chi connectivity index (χ3n) is 3.11. The molecule has 3 atom stereocenters. The van der Waals surface area contributed by atoms with Gasteiger partial charge in [-0.25, -0.2) is 0 Å². The lowest BCUT2D eigenvalue weighted by atomic mass is 9.84. The molecule has 1 heterocycles. The second-order valence-electron chi connectivity index (χ2n) is 3.73. The van der Waals surface area contributed by atoms with Gasteiger partial charge in [-0.3, -0.25) is 4.79 Å². The van der Waals surface area contributed by atoms with Crippen molar-refractivity contribution in [2.75, 3.05) is 6.54 Å². The van der Waals surface area contributed by atoms with Gasteiger partial charge in [-0.2, -0.15) is 0 Å². The summed E-state index contributed by atoms with van der Waals surface area (Å²) in [5.74, 6) is 0.587. The van der Waals surface area contributed by atoms with Gasteiger partial charge in [0.05, 0.1) is 0 Å². The molecule has 0 aromatic rings. The molecule has 0 aromatic carbocycles. The van der Waals surface area contributed by atoms with Crippen LogP contribution in [0.15, 0.2) is 0 Å². The number of carbonyl (C=O) groups is 1. The van der Waals surface area contributed by atoms with Crippen LogP contribution in [-0.2, 0) is 9.53 Å². The minimum absolute atomic E-state index is 0.146. The summed E-state index contributed by atoms with van der Waals surface area (Å²) in [6.45, 7) is 1.44. The highest BCUT2D eigenvalue weighted by atomic mass is 16.5. The first-order chi connectivity index (χ1) is 5.92. The molecule has 1 aliphatic heterocycles. The van der Waals surface area contributed by atoms with E-state index in [9.17, 15) is 4.79 Å². The van der Waals surface area contributed by atoms with E-state index >= 15 is 0 Å². The first kappa shape index (κ1) is 8.05. The Morgan fingerprint density at radius 2 is 2.17 bits per heavy atom. The van der Waals surface area contributed by atoms with Gasteiger partial charge in [0, 0.05) is 18.5 Å². The Morgan fingerprint density at radius 3 is 3.00 bits per heavy atom. The van der Waals surface area contributed by atoms with Crippen LogP contribution in [0.5, 0.6) is 0 Å². The van der Waals surface area contributed by atoms with Gasteiger partial charge in [0.1, 0.15) is 6.10 Å². The highest BCUT2D eigenvalue weighted by Crippen LogP contribution is 2.31. The zero-order valence-corrected chi connectivity index (χ0v) is 7.16. The first-order valence-corrected chi connectivity index (χ1v) is 4.74. The molecule has 1 aliphatic carbocycles. The largest absolute Gasteiger partial charge is 0.463 e. The van der Waals surface area contributed by atoms with E-state index in [1.165, 1.54) is 25.7 Å². The van der Waals surface area contributed by atoms with Gasteiger partial charge < -0.3 is 10.1 Å². The van der Waals surface area contributed by atoms with Crippen LogP contribution in [0.25, 0.3) is 0 Å². The van der Waals surface area contributed by atoms with Crippen molar-refractivity contribution in [3.05, 3.63) is 0 Å². The van der Waals surface area contributed by atoms with Crippen molar-refractivity contribution in [1.82, 2.24) is 5.32 Å². The molecule has 1 saturated carbocycles. The summed E-state index contributed by atoms with van der Waals surface area (Å²) >= 11 is 0. The van der Waals surface area contributed by atoms with Crippen LogP contribution >= 0.6 is 0 Å². The van der Waals surface area contributed by atoms with Crippen LogP contribution in [0.2, 0.25) is 0 Å². The van der Waals surface area contributed by atoms with Crippen molar-refractivity contribution in [2.24, 2.45) is 5.92 Å². The van der Waals surface area contributed by atoms with E-state index < -0.39 is 0 Å². The third kappa shape index (κ3) is 1.33. The van der Waals surface area contributed by atoms with Crippen LogP contribution in [0.4, 0.5) is 0 Å². The zero-order valence-electron chi connectivity index (χ0n) is 7.16. The standard InChI is InChI=1S/C9H15NO2/c11-6-12-9-5-10-8-4-2-1-3-7(8)9/h6-10H,1-5H2. The van der Waals surface area contributed by atoms with Gasteiger partial charge in [-0.1, -0.05) is 12.8 Å². The summed E-state index contributed by atoms with van der Waals surface area (Å²) in [4.78, 5) is 10.2. The van der Waals surface area contributed by atoms with Gasteiger partial charge in [-0.15, -0.1) is 0 Å². The molecular weight excluding hydrogens is 154 g/mol. The summed E-state index contributed by atoms with van der Waals surface area (Å²) in [7, 11) is 0. The monoisotopic (exact) mass is 169 g/mol. The summed E-state index contributed by atoms with van der Waals surface area (Å²) in [6.07, 6.45) is 5.23. The van der Waals surface area contributed by atoms with Gasteiger partial charge in [0.2, 0.25) is 0 Å². The molecule has 0 amide bonds. The Kier molecular flexibility index (Phi) is 2.30. The van der Waals surface area contributed by atoms with Crippen molar-refractivity contribution in [3.8, 4) is 0 Å². The Hall–Kier alpha value is -0.570. The average Bonchev–Trinajstić information content (AvgIpc) is 2.50. The van der Waals surface area contributed by atoms with Crippen LogP contribution < -0.4 is 5.32 Å². The molecule has 0 aromatic heterocycles. The van der Waals surface area contributed by atoms with Crippen LogP contribution in [0.3, 0.4) is 0 Å². The van der Waals surface area contributed by atoms with Crippen LogP contribution in [-0.4, -0.2) is 25.2 Å². The van der Waals surface area contributed by atoms with Crippen LogP contribution in [0, 0.1) is 5.92 Å². The number of nitrogens with one attached hydrogen (secondary N) is 1. The molecular formula is C9H15NO2. The lowest BCUT2D eigenvalue weighted by Gasteiger charge is -2.27. The fraction of sp³-hybridized carbons (Fsp3) is 0.889. The van der Waals surface area contributed by atoms with E-state index in [1.807, 2.05) is 0 Å². The van der Waals surface area contributed by atoms with E-state index in [0.717, 1.165) is 6.54 Å². The molecule has 0 bridgehead atoms. The molecule has 68 valence electrons. The summed E-state index contributed by atoms with van der Waals surface area (Å²) in [5.41, 5.74) is 0. The fourth-order valence-electron chi connectivity index (χ4n) is 2.50. The van der Waals surface area contributed by atoms with E-state index in [0.29, 0.717) is 18.4 Å². The normalized spacial score (nSPS) is 40.5. The summed E-state index contributed by atoms with van der Waals surface area (Å²) < 4.78 is 5.03. The van der Waals surface area contributed by atoms with Gasteiger partial charge in [0.25, 0.3) is 6.47 Å². The topological polar surface area (TPSA) is 38.3 Å². The van der Waals surface area contributed by atoms with Crippen molar-refractivity contribution < 1.29 is 9.53 Å². The number of carbonyl (C=O) groups excluding carboxylic acids is 1. The van der Waals surface area contributed by atoms with E-state index in [-0.39, 0.29) is 6.10 Å². The number of hydrogen-bond donors (Lipinski definition) is 1. The van der Waals surface area contributed by atoms with E-state index in [4.69, 9.17) is 4.74 Å². The van der Waals surface area contributed by atoms with Crippen molar-refractivity contribution >= 4 is 6.47 Å². The molecule has 1 N–H and O–H groups in total. The summed E-state index contributed by atoms with van der Waals surface area (Å²) in [5, 5.41) is 3.41. The molecule has 3 heteroatoms. The molecule has 0 spiro atoms. The Labute approximate surface area is 72.5 Å². The summed E-state index contributed by atoms with van der Waals surface area (Å²) in [6, 6.07) is 0.615. The quantitative estimate of drug-likeness (QED) is 0.618. The smallest absolute Gasteiger partial charge is 0.293 e. The van der Waals surface area contributed by atoms with Crippen molar-refractivity contribution in [1.29, 1.82) is 0 Å². The maximum absolute atomic E-state index is 10.2. The molecule has 2 fully saturated rings. The average molecular weight is 169 g/mol. The number of rotatable bonds is 2. The number of ether oxygens (including phenoxy) is 1. The highest BCUT2D eigenvalue weighted by Gasteiger charge is 2.38. The predicted octanol–water partition coefficient (Wildman–Crippen LogP) is 0.690. The van der Waals surface area contributed by atoms with E-state index in [2.05, 4.69) is 5.32 Å². The SMILES string of the molecule is O=COC1CNC2CCCCC21. The second-order valence-corrected chi connectivity index (χ2v) is 3.73. The fourth-order valence-corrected chi connectivity index (χ4v) is 2.50. The molecule has 0 radical (unpaired) electrons. The molecule has 2 rings (SSSR count). The van der Waals surface area contributed by atoms with Gasteiger partial charge >= 0.3 is 0 Å². The van der Waals surface area contributed by atoms with Gasteiger partial charge in [0.15, 0.2) is 0 Å². The first-order valence-electron chi connectivity index (χ1n) is 4.74. The Morgan fingerprint density at radius 1 is 1.33 bits per heavy atom. The maximum Gasteiger partial charge on any atom is 0.293 e. The highest BCUT2D eigenvalue weighted by molar-refractivity contribution is 5.37. The molecule has 3 unspecified atom stereocenters. The Bertz CT molecular complexity index is 172. The lowest BCUT2D eigenvalue weighted by molar-refractivity contribution is -0.134.